The minimum absolute atomic E-state index is 0.0625. The number of H-pyrrole nitrogens is 1. The molecule has 0 aliphatic heterocycles. The molecule has 2 heterocycles. The van der Waals surface area contributed by atoms with E-state index in [0.29, 0.717) is 16.6 Å². The molecule has 0 fully saturated rings. The van der Waals surface area contributed by atoms with Crippen LogP contribution in [0.2, 0.25) is 0 Å². The van der Waals surface area contributed by atoms with Gasteiger partial charge in [0.05, 0.1) is 11.5 Å². The summed E-state index contributed by atoms with van der Waals surface area (Å²) in [6.07, 6.45) is 0. The molecule has 0 aliphatic carbocycles. The first-order valence-corrected chi connectivity index (χ1v) is 9.18. The number of aryl methyl sites for hydroxylation is 1. The lowest BCUT2D eigenvalue weighted by molar-refractivity contribution is -0.113. The number of fused-ring (bicyclic) bond motifs is 1. The van der Waals surface area contributed by atoms with Crippen molar-refractivity contribution in [3.05, 3.63) is 50.7 Å². The van der Waals surface area contributed by atoms with Crippen molar-refractivity contribution in [3.63, 3.8) is 0 Å². The number of hydrogen-bond acceptors (Lipinski definition) is 7. The Balaban J connectivity index is 1.69. The molecule has 1 aromatic carbocycles. The van der Waals surface area contributed by atoms with Crippen LogP contribution in [0.1, 0.15) is 12.5 Å². The highest BCUT2D eigenvalue weighted by Gasteiger charge is 2.14. The molecular weight excluding hydrogens is 384 g/mol. The molecular formula is C17H18N6O4S. The smallest absolute Gasteiger partial charge is 0.332 e. The van der Waals surface area contributed by atoms with Gasteiger partial charge in [-0.05, 0) is 24.6 Å². The topological polar surface area (TPSA) is 134 Å². The largest absolute Gasteiger partial charge is 0.411 e. The number of benzene rings is 1. The number of thioether (sulfide) groups is 1. The van der Waals surface area contributed by atoms with E-state index >= 15 is 0 Å². The van der Waals surface area contributed by atoms with Crippen LogP contribution >= 0.6 is 11.8 Å². The van der Waals surface area contributed by atoms with Crippen molar-refractivity contribution in [2.24, 2.45) is 19.3 Å². The summed E-state index contributed by atoms with van der Waals surface area (Å²) in [5, 5.41) is 15.0. The molecule has 11 heteroatoms. The van der Waals surface area contributed by atoms with E-state index in [0.717, 1.165) is 21.9 Å². The van der Waals surface area contributed by atoms with Crippen molar-refractivity contribution in [1.29, 1.82) is 0 Å². The lowest BCUT2D eigenvalue weighted by Crippen LogP contribution is -2.36. The molecule has 28 heavy (non-hydrogen) atoms. The predicted molar refractivity (Wildman–Crippen MR) is 106 cm³/mol. The molecule has 1 amide bonds. The summed E-state index contributed by atoms with van der Waals surface area (Å²) in [5.41, 5.74) is 1.33. The Bertz CT molecular complexity index is 1190. The van der Waals surface area contributed by atoms with Gasteiger partial charge in [-0.3, -0.25) is 18.7 Å². The van der Waals surface area contributed by atoms with Gasteiger partial charge in [0.25, 0.3) is 5.56 Å². The van der Waals surface area contributed by atoms with E-state index in [1.54, 1.807) is 31.2 Å². The second-order valence-electron chi connectivity index (χ2n) is 6.05. The SMILES string of the molecule is C/C(=N\O)c1ccc(NC(=O)CSc2nc3c([nH]2)c(=O)n(C)c(=O)n3C)cc1. The molecule has 0 saturated heterocycles. The summed E-state index contributed by atoms with van der Waals surface area (Å²) in [4.78, 5) is 43.4. The van der Waals surface area contributed by atoms with E-state index in [-0.39, 0.29) is 22.8 Å². The summed E-state index contributed by atoms with van der Waals surface area (Å²) in [6.45, 7) is 1.67. The maximum Gasteiger partial charge on any atom is 0.332 e. The number of oxime groups is 1. The molecule has 0 spiro atoms. The highest BCUT2D eigenvalue weighted by Crippen LogP contribution is 2.17. The summed E-state index contributed by atoms with van der Waals surface area (Å²) in [6, 6.07) is 6.86. The molecule has 0 aliphatic rings. The lowest BCUT2D eigenvalue weighted by Gasteiger charge is -2.05. The third-order valence-corrected chi connectivity index (χ3v) is 5.02. The molecule has 146 valence electrons. The van der Waals surface area contributed by atoms with E-state index in [1.165, 1.54) is 18.7 Å². The van der Waals surface area contributed by atoms with Gasteiger partial charge in [0.15, 0.2) is 16.3 Å². The van der Waals surface area contributed by atoms with Gasteiger partial charge in [-0.25, -0.2) is 9.78 Å². The van der Waals surface area contributed by atoms with Crippen molar-refractivity contribution in [2.75, 3.05) is 11.1 Å². The quantitative estimate of drug-likeness (QED) is 0.251. The van der Waals surface area contributed by atoms with E-state index in [1.807, 2.05) is 0 Å². The molecule has 3 rings (SSSR count). The molecule has 2 aromatic heterocycles. The first-order valence-electron chi connectivity index (χ1n) is 8.19. The first kappa shape index (κ1) is 19.4. The molecule has 0 unspecified atom stereocenters. The Morgan fingerprint density at radius 2 is 1.93 bits per heavy atom. The van der Waals surface area contributed by atoms with Crippen LogP contribution in [-0.2, 0) is 18.9 Å². The van der Waals surface area contributed by atoms with E-state index in [4.69, 9.17) is 5.21 Å². The van der Waals surface area contributed by atoms with Crippen molar-refractivity contribution in [2.45, 2.75) is 12.1 Å². The second kappa shape index (κ2) is 7.72. The molecule has 0 atom stereocenters. The second-order valence-corrected chi connectivity index (χ2v) is 7.01. The fourth-order valence-electron chi connectivity index (χ4n) is 2.56. The Hall–Kier alpha value is -3.34. The maximum atomic E-state index is 12.2. The van der Waals surface area contributed by atoms with Gasteiger partial charge in [0.1, 0.15) is 0 Å². The van der Waals surface area contributed by atoms with Crippen LogP contribution in [0.4, 0.5) is 5.69 Å². The number of carbonyl (C=O) groups excluding carboxylic acids is 1. The van der Waals surface area contributed by atoms with Crippen LogP contribution in [0.15, 0.2) is 44.2 Å². The minimum Gasteiger partial charge on any atom is -0.411 e. The van der Waals surface area contributed by atoms with Crippen LogP contribution in [-0.4, -0.2) is 41.7 Å². The highest BCUT2D eigenvalue weighted by molar-refractivity contribution is 7.99. The fraction of sp³-hybridized carbons (Fsp3) is 0.235. The normalized spacial score (nSPS) is 11.8. The van der Waals surface area contributed by atoms with Crippen molar-refractivity contribution in [1.82, 2.24) is 19.1 Å². The Labute approximate surface area is 162 Å². The molecule has 10 nitrogen and oxygen atoms in total. The van der Waals surface area contributed by atoms with Crippen LogP contribution in [0.3, 0.4) is 0 Å². The zero-order chi connectivity index (χ0) is 20.4. The Morgan fingerprint density at radius 3 is 2.57 bits per heavy atom. The maximum absolute atomic E-state index is 12.2. The molecule has 3 aromatic rings. The zero-order valence-corrected chi connectivity index (χ0v) is 16.2. The number of carbonyl (C=O) groups is 1. The predicted octanol–water partition coefficient (Wildman–Crippen LogP) is 0.889. The summed E-state index contributed by atoms with van der Waals surface area (Å²) in [7, 11) is 2.92. The fourth-order valence-corrected chi connectivity index (χ4v) is 3.22. The summed E-state index contributed by atoms with van der Waals surface area (Å²) >= 11 is 1.12. The van der Waals surface area contributed by atoms with E-state index in [9.17, 15) is 14.4 Å². The van der Waals surface area contributed by atoms with Crippen LogP contribution in [0, 0.1) is 0 Å². The first-order chi connectivity index (χ1) is 13.3. The van der Waals surface area contributed by atoms with Crippen LogP contribution < -0.4 is 16.6 Å². The van der Waals surface area contributed by atoms with Crippen molar-refractivity contribution >= 4 is 40.2 Å². The van der Waals surface area contributed by atoms with Gasteiger partial charge < -0.3 is 15.5 Å². The number of imidazole rings is 1. The van der Waals surface area contributed by atoms with E-state index < -0.39 is 11.2 Å². The average molecular weight is 402 g/mol. The number of nitrogens with one attached hydrogen (secondary N) is 2. The minimum atomic E-state index is -0.469. The standard InChI is InChI=1S/C17H18N6O4S/c1-9(21-27)10-4-6-11(7-5-10)18-12(24)8-28-16-19-13-14(20-16)22(2)17(26)23(3)15(13)25/h4-7,27H,8H2,1-3H3,(H,18,24)(H,19,20)/b21-9+. The van der Waals surface area contributed by atoms with Gasteiger partial charge in [-0.15, -0.1) is 0 Å². The summed E-state index contributed by atoms with van der Waals surface area (Å²) in [5.74, 6) is -0.194. The van der Waals surface area contributed by atoms with E-state index in [2.05, 4.69) is 20.4 Å². The number of nitrogens with zero attached hydrogens (tertiary/aromatic N) is 4. The Kier molecular flexibility index (Phi) is 5.36. The zero-order valence-electron chi connectivity index (χ0n) is 15.4. The van der Waals surface area contributed by atoms with Gasteiger partial charge >= 0.3 is 5.69 Å². The monoisotopic (exact) mass is 402 g/mol. The van der Waals surface area contributed by atoms with Crippen molar-refractivity contribution < 1.29 is 10.0 Å². The molecule has 0 saturated carbocycles. The average Bonchev–Trinajstić information content (AvgIpc) is 3.13. The van der Waals surface area contributed by atoms with Gasteiger partial charge in [-0.1, -0.05) is 29.1 Å². The van der Waals surface area contributed by atoms with Gasteiger partial charge in [0.2, 0.25) is 5.91 Å². The number of amides is 1. The third kappa shape index (κ3) is 3.69. The number of hydrogen-bond donors (Lipinski definition) is 3. The molecule has 3 N–H and O–H groups in total. The number of aromatic nitrogens is 4. The summed E-state index contributed by atoms with van der Waals surface area (Å²) < 4.78 is 2.27. The van der Waals surface area contributed by atoms with Gasteiger partial charge in [-0.2, -0.15) is 0 Å². The highest BCUT2D eigenvalue weighted by atomic mass is 32.2. The van der Waals surface area contributed by atoms with Crippen LogP contribution in [0.25, 0.3) is 11.2 Å². The number of rotatable bonds is 5. The van der Waals surface area contributed by atoms with Gasteiger partial charge in [0, 0.05) is 19.8 Å². The number of aromatic amines is 1. The molecule has 0 radical (unpaired) electrons. The Morgan fingerprint density at radius 1 is 1.25 bits per heavy atom. The number of anilines is 1. The lowest BCUT2D eigenvalue weighted by atomic mass is 10.1. The van der Waals surface area contributed by atoms with Crippen LogP contribution in [0.5, 0.6) is 0 Å². The third-order valence-electron chi connectivity index (χ3n) is 4.15. The molecule has 0 bridgehead atoms. The van der Waals surface area contributed by atoms with Crippen molar-refractivity contribution in [3.8, 4) is 0 Å².